The van der Waals surface area contributed by atoms with Gasteiger partial charge in [0.1, 0.15) is 0 Å². The smallest absolute Gasteiger partial charge is 0.0953 e. The summed E-state index contributed by atoms with van der Waals surface area (Å²) in [5.41, 5.74) is 5.38. The second-order valence-corrected chi connectivity index (χ2v) is 6.63. The van der Waals surface area contributed by atoms with Crippen LogP contribution in [-0.4, -0.2) is 16.1 Å². The van der Waals surface area contributed by atoms with Crippen molar-refractivity contribution >= 4 is 5.69 Å². The number of nitrogens with one attached hydrogen (secondary N) is 1. The summed E-state index contributed by atoms with van der Waals surface area (Å²) < 4.78 is 2.41. The Morgan fingerprint density at radius 1 is 1.29 bits per heavy atom. The van der Waals surface area contributed by atoms with Gasteiger partial charge in [-0.3, -0.25) is 0 Å². The molecule has 0 bridgehead atoms. The first-order valence-electron chi connectivity index (χ1n) is 8.21. The normalized spacial score (nSPS) is 24.6. The number of para-hydroxylation sites is 1. The van der Waals surface area contributed by atoms with Crippen molar-refractivity contribution < 1.29 is 0 Å². The molecule has 1 saturated carbocycles. The summed E-state index contributed by atoms with van der Waals surface area (Å²) in [7, 11) is 0. The molecule has 0 saturated heterocycles. The molecular formula is C18H23N3. The van der Waals surface area contributed by atoms with Crippen molar-refractivity contribution in [3.8, 4) is 11.3 Å². The molecule has 2 aromatic rings. The first-order valence-corrected chi connectivity index (χ1v) is 8.21. The van der Waals surface area contributed by atoms with E-state index in [9.17, 15) is 0 Å². The summed E-state index contributed by atoms with van der Waals surface area (Å²) in [6.45, 7) is 3.45. The molecule has 1 N–H and O–H groups in total. The molecule has 2 heterocycles. The quantitative estimate of drug-likeness (QED) is 0.891. The van der Waals surface area contributed by atoms with Gasteiger partial charge in [-0.15, -0.1) is 0 Å². The second-order valence-electron chi connectivity index (χ2n) is 6.63. The van der Waals surface area contributed by atoms with E-state index >= 15 is 0 Å². The number of nitrogens with zero attached hydrogens (tertiary/aromatic N) is 2. The van der Waals surface area contributed by atoms with Crippen molar-refractivity contribution in [2.75, 3.05) is 11.9 Å². The number of hydrogen-bond acceptors (Lipinski definition) is 2. The van der Waals surface area contributed by atoms with Gasteiger partial charge in [-0.1, -0.05) is 25.1 Å². The van der Waals surface area contributed by atoms with E-state index in [4.69, 9.17) is 0 Å². The SMILES string of the molecule is CC1CCC(n2cncc2-c2cccc3c2NCCC3)C1. The van der Waals surface area contributed by atoms with Crippen LogP contribution in [0.4, 0.5) is 5.69 Å². The van der Waals surface area contributed by atoms with Crippen molar-refractivity contribution in [3.63, 3.8) is 0 Å². The van der Waals surface area contributed by atoms with Gasteiger partial charge >= 0.3 is 0 Å². The topological polar surface area (TPSA) is 29.9 Å². The van der Waals surface area contributed by atoms with Crippen LogP contribution in [0.25, 0.3) is 11.3 Å². The molecule has 0 spiro atoms. The molecule has 21 heavy (non-hydrogen) atoms. The van der Waals surface area contributed by atoms with Crippen LogP contribution in [0.3, 0.4) is 0 Å². The molecular weight excluding hydrogens is 258 g/mol. The number of imidazole rings is 1. The van der Waals surface area contributed by atoms with Crippen LogP contribution in [0.1, 0.15) is 44.2 Å². The van der Waals surface area contributed by atoms with Crippen LogP contribution in [-0.2, 0) is 6.42 Å². The van der Waals surface area contributed by atoms with Crippen LogP contribution in [0.5, 0.6) is 0 Å². The van der Waals surface area contributed by atoms with Crippen molar-refractivity contribution in [1.82, 2.24) is 9.55 Å². The van der Waals surface area contributed by atoms with E-state index < -0.39 is 0 Å². The number of hydrogen-bond donors (Lipinski definition) is 1. The Labute approximate surface area is 126 Å². The number of aryl methyl sites for hydroxylation is 1. The number of rotatable bonds is 2. The molecule has 2 atom stereocenters. The highest BCUT2D eigenvalue weighted by molar-refractivity contribution is 5.79. The van der Waals surface area contributed by atoms with Gasteiger partial charge in [-0.05, 0) is 43.6 Å². The van der Waals surface area contributed by atoms with Gasteiger partial charge < -0.3 is 9.88 Å². The minimum Gasteiger partial charge on any atom is -0.384 e. The van der Waals surface area contributed by atoms with Crippen molar-refractivity contribution in [2.24, 2.45) is 5.92 Å². The van der Waals surface area contributed by atoms with Crippen LogP contribution in [0.2, 0.25) is 0 Å². The van der Waals surface area contributed by atoms with E-state index in [1.165, 1.54) is 54.6 Å². The van der Waals surface area contributed by atoms with Gasteiger partial charge in [-0.2, -0.15) is 0 Å². The lowest BCUT2D eigenvalue weighted by atomic mass is 9.98. The Balaban J connectivity index is 1.76. The van der Waals surface area contributed by atoms with Gasteiger partial charge in [0.25, 0.3) is 0 Å². The van der Waals surface area contributed by atoms with E-state index in [2.05, 4.69) is 40.0 Å². The largest absolute Gasteiger partial charge is 0.384 e. The fourth-order valence-corrected chi connectivity index (χ4v) is 3.96. The molecule has 1 aliphatic carbocycles. The second kappa shape index (κ2) is 5.21. The average molecular weight is 281 g/mol. The van der Waals surface area contributed by atoms with E-state index in [1.54, 1.807) is 0 Å². The zero-order valence-electron chi connectivity index (χ0n) is 12.7. The third kappa shape index (κ3) is 2.25. The van der Waals surface area contributed by atoms with Gasteiger partial charge in [0.05, 0.1) is 18.2 Å². The summed E-state index contributed by atoms with van der Waals surface area (Å²) in [5, 5.41) is 3.60. The van der Waals surface area contributed by atoms with E-state index in [0.29, 0.717) is 6.04 Å². The summed E-state index contributed by atoms with van der Waals surface area (Å²) in [4.78, 5) is 4.45. The van der Waals surface area contributed by atoms with Crippen LogP contribution in [0.15, 0.2) is 30.7 Å². The first kappa shape index (κ1) is 12.9. The van der Waals surface area contributed by atoms with E-state index in [-0.39, 0.29) is 0 Å². The zero-order chi connectivity index (χ0) is 14.2. The predicted octanol–water partition coefficient (Wildman–Crippen LogP) is 4.27. The lowest BCUT2D eigenvalue weighted by Gasteiger charge is -2.23. The Morgan fingerprint density at radius 3 is 3.10 bits per heavy atom. The van der Waals surface area contributed by atoms with Crippen molar-refractivity contribution in [3.05, 3.63) is 36.3 Å². The molecule has 3 heteroatoms. The maximum Gasteiger partial charge on any atom is 0.0953 e. The van der Waals surface area contributed by atoms with Crippen LogP contribution < -0.4 is 5.32 Å². The molecule has 0 radical (unpaired) electrons. The fourth-order valence-electron chi connectivity index (χ4n) is 3.96. The highest BCUT2D eigenvalue weighted by atomic mass is 15.1. The molecule has 3 nitrogen and oxygen atoms in total. The van der Waals surface area contributed by atoms with E-state index in [1.807, 2.05) is 12.5 Å². The lowest BCUT2D eigenvalue weighted by Crippen LogP contribution is -2.14. The Hall–Kier alpha value is -1.77. The monoisotopic (exact) mass is 281 g/mol. The Kier molecular flexibility index (Phi) is 3.21. The molecule has 2 unspecified atom stereocenters. The van der Waals surface area contributed by atoms with Gasteiger partial charge in [0.2, 0.25) is 0 Å². The number of fused-ring (bicyclic) bond motifs is 1. The lowest BCUT2D eigenvalue weighted by molar-refractivity contribution is 0.497. The molecule has 1 fully saturated rings. The average Bonchev–Trinajstić information content (AvgIpc) is 3.15. The third-order valence-corrected chi connectivity index (χ3v) is 5.08. The summed E-state index contributed by atoms with van der Waals surface area (Å²) in [6.07, 6.45) is 10.4. The van der Waals surface area contributed by atoms with Crippen LogP contribution in [0, 0.1) is 5.92 Å². The molecule has 2 aliphatic rings. The first-order chi connectivity index (χ1) is 10.3. The predicted molar refractivity (Wildman–Crippen MR) is 86.5 cm³/mol. The highest BCUT2D eigenvalue weighted by Gasteiger charge is 2.25. The minimum absolute atomic E-state index is 0.622. The maximum atomic E-state index is 4.45. The number of aromatic nitrogens is 2. The molecule has 110 valence electrons. The minimum atomic E-state index is 0.622. The zero-order valence-corrected chi connectivity index (χ0v) is 12.7. The molecule has 1 aromatic heterocycles. The van der Waals surface area contributed by atoms with Gasteiger partial charge in [-0.25, -0.2) is 4.98 Å². The van der Waals surface area contributed by atoms with Crippen molar-refractivity contribution in [2.45, 2.75) is 45.1 Å². The fraction of sp³-hybridized carbons (Fsp3) is 0.500. The maximum absolute atomic E-state index is 4.45. The van der Waals surface area contributed by atoms with E-state index in [0.717, 1.165) is 12.5 Å². The summed E-state index contributed by atoms with van der Waals surface area (Å²) >= 11 is 0. The molecule has 1 aromatic carbocycles. The Morgan fingerprint density at radius 2 is 2.24 bits per heavy atom. The summed E-state index contributed by atoms with van der Waals surface area (Å²) in [6, 6.07) is 7.30. The highest BCUT2D eigenvalue weighted by Crippen LogP contribution is 2.39. The Bertz CT molecular complexity index is 644. The number of anilines is 1. The molecule has 1 aliphatic heterocycles. The summed E-state index contributed by atoms with van der Waals surface area (Å²) in [5.74, 6) is 0.841. The third-order valence-electron chi connectivity index (χ3n) is 5.08. The molecule has 4 rings (SSSR count). The van der Waals surface area contributed by atoms with Gasteiger partial charge in [0, 0.05) is 23.8 Å². The van der Waals surface area contributed by atoms with Crippen LogP contribution >= 0.6 is 0 Å². The van der Waals surface area contributed by atoms with Gasteiger partial charge in [0.15, 0.2) is 0 Å². The number of benzene rings is 1. The standard InChI is InChI=1S/C18H23N3/c1-13-7-8-15(10-13)21-12-19-11-17(21)16-6-2-4-14-5-3-9-20-18(14)16/h2,4,6,11-13,15,20H,3,5,7-10H2,1H3. The molecule has 0 amide bonds. The van der Waals surface area contributed by atoms with Crippen molar-refractivity contribution in [1.29, 1.82) is 0 Å².